The van der Waals surface area contributed by atoms with E-state index in [1.165, 1.54) is 0 Å². The average molecular weight is 256 g/mol. The first-order valence-electron chi connectivity index (χ1n) is 5.01. The quantitative estimate of drug-likeness (QED) is 0.541. The minimum Gasteiger partial charge on any atom is -0.394 e. The predicted molar refractivity (Wildman–Crippen MR) is 66.9 cm³/mol. The highest BCUT2D eigenvalue weighted by Crippen LogP contribution is 2.15. The van der Waals surface area contributed by atoms with Crippen molar-refractivity contribution in [1.29, 1.82) is 0 Å². The van der Waals surface area contributed by atoms with Crippen molar-refractivity contribution in [3.05, 3.63) is 34.9 Å². The van der Waals surface area contributed by atoms with Crippen molar-refractivity contribution in [3.8, 4) is 0 Å². The number of carbonyl (C=O) groups excluding carboxylic acids is 1. The monoisotopic (exact) mass is 255 g/mol. The normalized spacial score (nSPS) is 13.3. The fourth-order valence-corrected chi connectivity index (χ4v) is 1.39. The van der Waals surface area contributed by atoms with Crippen LogP contribution in [-0.4, -0.2) is 29.4 Å². The van der Waals surface area contributed by atoms with E-state index in [2.05, 4.69) is 10.5 Å². The molecule has 0 saturated carbocycles. The van der Waals surface area contributed by atoms with Gasteiger partial charge in [-0.25, -0.2) is 5.43 Å². The summed E-state index contributed by atoms with van der Waals surface area (Å²) < 4.78 is 0. The van der Waals surface area contributed by atoms with Crippen LogP contribution in [0.2, 0.25) is 5.02 Å². The molecule has 0 aromatic heterocycles. The van der Waals surface area contributed by atoms with Gasteiger partial charge in [0.1, 0.15) is 6.04 Å². The van der Waals surface area contributed by atoms with Gasteiger partial charge in [0.05, 0.1) is 12.3 Å². The molecule has 0 saturated heterocycles. The zero-order valence-electron chi connectivity index (χ0n) is 9.35. The molecule has 1 amide bonds. The molecule has 0 aliphatic carbocycles. The molecular formula is C11H14ClN3O2. The fourth-order valence-electron chi connectivity index (χ4n) is 1.12. The highest BCUT2D eigenvalue weighted by atomic mass is 35.5. The van der Waals surface area contributed by atoms with Gasteiger partial charge in [-0.05, 0) is 13.0 Å². The third-order valence-electron chi connectivity index (χ3n) is 2.13. The number of hydrazone groups is 1. The van der Waals surface area contributed by atoms with Crippen molar-refractivity contribution in [2.75, 3.05) is 6.61 Å². The second kappa shape index (κ2) is 6.34. The molecule has 0 spiro atoms. The van der Waals surface area contributed by atoms with Crippen LogP contribution in [0, 0.1) is 0 Å². The van der Waals surface area contributed by atoms with E-state index in [9.17, 15) is 4.79 Å². The molecule has 4 N–H and O–H groups in total. The third-order valence-corrected chi connectivity index (χ3v) is 2.46. The van der Waals surface area contributed by atoms with E-state index >= 15 is 0 Å². The lowest BCUT2D eigenvalue weighted by Crippen LogP contribution is -2.41. The Morgan fingerprint density at radius 1 is 1.59 bits per heavy atom. The van der Waals surface area contributed by atoms with Crippen LogP contribution in [0.25, 0.3) is 0 Å². The lowest BCUT2D eigenvalue weighted by atomic mass is 10.1. The highest BCUT2D eigenvalue weighted by Gasteiger charge is 2.11. The number of hydrogen-bond donors (Lipinski definition) is 3. The van der Waals surface area contributed by atoms with Gasteiger partial charge in [0.15, 0.2) is 0 Å². The van der Waals surface area contributed by atoms with Crippen LogP contribution in [0.3, 0.4) is 0 Å². The Kier molecular flexibility index (Phi) is 5.09. The summed E-state index contributed by atoms with van der Waals surface area (Å²) in [5.41, 5.74) is 8.87. The maximum atomic E-state index is 11.3. The summed E-state index contributed by atoms with van der Waals surface area (Å²) in [6.07, 6.45) is 0. The molecule has 5 nitrogen and oxygen atoms in total. The molecule has 0 fully saturated rings. The molecule has 0 aliphatic heterocycles. The van der Waals surface area contributed by atoms with Gasteiger partial charge < -0.3 is 10.8 Å². The van der Waals surface area contributed by atoms with E-state index < -0.39 is 18.6 Å². The van der Waals surface area contributed by atoms with E-state index in [4.69, 9.17) is 22.4 Å². The van der Waals surface area contributed by atoms with Crippen molar-refractivity contribution >= 4 is 23.2 Å². The van der Waals surface area contributed by atoms with Crippen LogP contribution < -0.4 is 11.2 Å². The molecule has 1 rings (SSSR count). The van der Waals surface area contributed by atoms with Crippen LogP contribution in [-0.2, 0) is 4.79 Å². The van der Waals surface area contributed by atoms with Crippen molar-refractivity contribution in [2.45, 2.75) is 13.0 Å². The lowest BCUT2D eigenvalue weighted by molar-refractivity contribution is -0.123. The Morgan fingerprint density at radius 3 is 2.82 bits per heavy atom. The standard InChI is InChI=1S/C11H14ClN3O2/c1-7(8-4-2-3-5-9(8)12)14-15-11(17)10(13)6-16/h2-5,10,16H,6,13H2,1H3,(H,15,17)/b14-7+/t10-/m0/s1. The summed E-state index contributed by atoms with van der Waals surface area (Å²) in [6, 6.07) is 6.18. The number of aliphatic hydroxyl groups excluding tert-OH is 1. The zero-order chi connectivity index (χ0) is 12.8. The lowest BCUT2D eigenvalue weighted by Gasteiger charge is -2.07. The number of halogens is 1. The van der Waals surface area contributed by atoms with Crippen LogP contribution in [0.4, 0.5) is 0 Å². The third kappa shape index (κ3) is 3.81. The van der Waals surface area contributed by atoms with E-state index in [0.717, 1.165) is 5.56 Å². The molecule has 0 unspecified atom stereocenters. The molecule has 0 aliphatic rings. The molecule has 0 bridgehead atoms. The minimum atomic E-state index is -0.974. The van der Waals surface area contributed by atoms with Gasteiger partial charge in [0.25, 0.3) is 5.91 Å². The van der Waals surface area contributed by atoms with E-state index in [1.807, 2.05) is 6.07 Å². The number of nitrogens with one attached hydrogen (secondary N) is 1. The summed E-state index contributed by atoms with van der Waals surface area (Å²) in [6.45, 7) is 1.29. The Hall–Kier alpha value is -1.43. The summed E-state index contributed by atoms with van der Waals surface area (Å²) in [5, 5.41) is 13.1. The van der Waals surface area contributed by atoms with Gasteiger partial charge in [-0.3, -0.25) is 4.79 Å². The number of nitrogens with two attached hydrogens (primary N) is 1. The van der Waals surface area contributed by atoms with Gasteiger partial charge in [-0.1, -0.05) is 29.8 Å². The molecule has 92 valence electrons. The molecule has 17 heavy (non-hydrogen) atoms. The van der Waals surface area contributed by atoms with E-state index in [0.29, 0.717) is 10.7 Å². The van der Waals surface area contributed by atoms with Crippen molar-refractivity contribution < 1.29 is 9.90 Å². The van der Waals surface area contributed by atoms with Crippen molar-refractivity contribution in [3.63, 3.8) is 0 Å². The first kappa shape index (κ1) is 13.6. The fraction of sp³-hybridized carbons (Fsp3) is 0.273. The maximum absolute atomic E-state index is 11.3. The van der Waals surface area contributed by atoms with Gasteiger partial charge in [-0.2, -0.15) is 5.10 Å². The van der Waals surface area contributed by atoms with Gasteiger partial charge in [0.2, 0.25) is 0 Å². The number of aliphatic hydroxyl groups is 1. The number of hydrogen-bond acceptors (Lipinski definition) is 4. The molecule has 0 heterocycles. The maximum Gasteiger partial charge on any atom is 0.259 e. The van der Waals surface area contributed by atoms with Gasteiger partial charge in [0, 0.05) is 10.6 Å². The molecule has 1 atom stereocenters. The smallest absolute Gasteiger partial charge is 0.259 e. The summed E-state index contributed by atoms with van der Waals surface area (Å²) in [4.78, 5) is 11.3. The van der Waals surface area contributed by atoms with Crippen molar-refractivity contribution in [2.24, 2.45) is 10.8 Å². The largest absolute Gasteiger partial charge is 0.394 e. The topological polar surface area (TPSA) is 87.7 Å². The number of nitrogens with zero attached hydrogens (tertiary/aromatic N) is 1. The summed E-state index contributed by atoms with van der Waals surface area (Å²) >= 11 is 5.97. The molecule has 1 aromatic rings. The van der Waals surface area contributed by atoms with Crippen LogP contribution in [0.15, 0.2) is 29.4 Å². The molecule has 6 heteroatoms. The van der Waals surface area contributed by atoms with Crippen LogP contribution in [0.5, 0.6) is 0 Å². The second-order valence-electron chi connectivity index (χ2n) is 3.44. The first-order chi connectivity index (χ1) is 8.06. The average Bonchev–Trinajstić information content (AvgIpc) is 2.35. The predicted octanol–water partition coefficient (Wildman–Crippen LogP) is 0.500. The number of amides is 1. The van der Waals surface area contributed by atoms with Crippen LogP contribution >= 0.6 is 11.6 Å². The SMILES string of the molecule is C/C(=N\NC(=O)[C@@H](N)CO)c1ccccc1Cl. The first-order valence-corrected chi connectivity index (χ1v) is 5.39. The van der Waals surface area contributed by atoms with E-state index in [1.54, 1.807) is 25.1 Å². The summed E-state index contributed by atoms with van der Waals surface area (Å²) in [5.74, 6) is -0.543. The number of rotatable bonds is 4. The minimum absolute atomic E-state index is 0.424. The molecule has 1 aromatic carbocycles. The zero-order valence-corrected chi connectivity index (χ0v) is 10.1. The van der Waals surface area contributed by atoms with Crippen molar-refractivity contribution in [1.82, 2.24) is 5.43 Å². The van der Waals surface area contributed by atoms with E-state index in [-0.39, 0.29) is 0 Å². The van der Waals surface area contributed by atoms with Gasteiger partial charge in [-0.15, -0.1) is 0 Å². The van der Waals surface area contributed by atoms with Gasteiger partial charge >= 0.3 is 0 Å². The summed E-state index contributed by atoms with van der Waals surface area (Å²) in [7, 11) is 0. The number of carbonyl (C=O) groups is 1. The Morgan fingerprint density at radius 2 is 2.24 bits per heavy atom. The Labute approximate surface area is 104 Å². The number of benzene rings is 1. The molecule has 0 radical (unpaired) electrons. The Balaban J connectivity index is 2.74. The molecular weight excluding hydrogens is 242 g/mol. The van der Waals surface area contributed by atoms with Crippen LogP contribution in [0.1, 0.15) is 12.5 Å². The second-order valence-corrected chi connectivity index (χ2v) is 3.85. The Bertz CT molecular complexity index is 434. The highest BCUT2D eigenvalue weighted by molar-refractivity contribution is 6.34.